The number of hydrogen-bond acceptors (Lipinski definition) is 5. The zero-order valence-electron chi connectivity index (χ0n) is 16.3. The molecule has 2 unspecified atom stereocenters. The molecule has 0 saturated carbocycles. The van der Waals surface area contributed by atoms with Gasteiger partial charge in [0, 0.05) is 19.6 Å². The maximum atomic E-state index is 11.7. The normalized spacial score (nSPS) is 15.4. The van der Waals surface area contributed by atoms with Gasteiger partial charge in [-0.1, -0.05) is 20.8 Å². The predicted octanol–water partition coefficient (Wildman–Crippen LogP) is 2.22. The second kappa shape index (κ2) is 9.58. The van der Waals surface area contributed by atoms with E-state index in [0.29, 0.717) is 6.42 Å². The molecule has 2 atom stereocenters. The molecule has 0 heterocycles. The van der Waals surface area contributed by atoms with Gasteiger partial charge in [0.15, 0.2) is 0 Å². The quantitative estimate of drug-likeness (QED) is 0.641. The van der Waals surface area contributed by atoms with Crippen molar-refractivity contribution in [2.75, 3.05) is 27.0 Å². The summed E-state index contributed by atoms with van der Waals surface area (Å²) in [6.07, 6.45) is 1.77. The Kier molecular flexibility index (Phi) is 9.24. The molecule has 0 saturated heterocycles. The summed E-state index contributed by atoms with van der Waals surface area (Å²) in [7, 11) is -0.407. The van der Waals surface area contributed by atoms with E-state index in [2.05, 4.69) is 10.1 Å². The van der Waals surface area contributed by atoms with Crippen LogP contribution in [0.3, 0.4) is 0 Å². The Balaban J connectivity index is 5.22. The molecule has 0 spiro atoms. The summed E-state index contributed by atoms with van der Waals surface area (Å²) in [6.45, 7) is 10.1. The van der Waals surface area contributed by atoms with E-state index < -0.39 is 16.1 Å². The fourth-order valence-corrected chi connectivity index (χ4v) is 2.87. The molecule has 8 heteroatoms. The van der Waals surface area contributed by atoms with Crippen LogP contribution in [0, 0.1) is 5.41 Å². The standard InChI is InChI=1S/C16H34N2O5S/c1-9-13(17-15(19)22-7)10-16(4,5)14(23-12(2)3)11-18(6)24(8,20)21/h12-14H,9-11H2,1-8H3,(H,17,19). The van der Waals surface area contributed by atoms with Crippen molar-refractivity contribution in [1.82, 2.24) is 9.62 Å². The molecule has 0 aromatic heterocycles. The van der Waals surface area contributed by atoms with Gasteiger partial charge in [-0.3, -0.25) is 0 Å². The van der Waals surface area contributed by atoms with Crippen LogP contribution in [-0.4, -0.2) is 64.0 Å². The van der Waals surface area contributed by atoms with E-state index in [9.17, 15) is 13.2 Å². The second-order valence-corrected chi connectivity index (χ2v) is 9.24. The Bertz CT molecular complexity index is 491. The van der Waals surface area contributed by atoms with Crippen molar-refractivity contribution < 1.29 is 22.7 Å². The number of carbonyl (C=O) groups excluding carboxylic acids is 1. The largest absolute Gasteiger partial charge is 0.453 e. The van der Waals surface area contributed by atoms with E-state index >= 15 is 0 Å². The molecule has 0 fully saturated rings. The molecule has 0 bridgehead atoms. The van der Waals surface area contributed by atoms with Gasteiger partial charge in [0.25, 0.3) is 0 Å². The first-order valence-electron chi connectivity index (χ1n) is 8.24. The summed E-state index contributed by atoms with van der Waals surface area (Å²) in [5.41, 5.74) is -0.342. The number of hydrogen-bond donors (Lipinski definition) is 1. The first kappa shape index (κ1) is 23.1. The van der Waals surface area contributed by atoms with Crippen LogP contribution < -0.4 is 5.32 Å². The highest BCUT2D eigenvalue weighted by molar-refractivity contribution is 7.88. The number of alkyl carbamates (subject to hydrolysis) is 1. The Labute approximate surface area is 147 Å². The molecule has 0 aromatic carbocycles. The summed E-state index contributed by atoms with van der Waals surface area (Å²) < 4.78 is 35.5. The minimum absolute atomic E-state index is 0.0316. The minimum Gasteiger partial charge on any atom is -0.453 e. The molecule has 144 valence electrons. The van der Waals surface area contributed by atoms with Crippen molar-refractivity contribution in [3.8, 4) is 0 Å². The van der Waals surface area contributed by atoms with Gasteiger partial charge in [-0.2, -0.15) is 0 Å². The topological polar surface area (TPSA) is 84.9 Å². The number of ether oxygens (including phenoxy) is 2. The minimum atomic E-state index is -3.29. The molecule has 0 aliphatic carbocycles. The van der Waals surface area contributed by atoms with Crippen LogP contribution in [0.2, 0.25) is 0 Å². The summed E-state index contributed by atoms with van der Waals surface area (Å²) in [5.74, 6) is 0. The van der Waals surface area contributed by atoms with Crippen LogP contribution in [0.4, 0.5) is 4.79 Å². The molecule has 24 heavy (non-hydrogen) atoms. The Morgan fingerprint density at radius 3 is 2.21 bits per heavy atom. The van der Waals surface area contributed by atoms with E-state index in [1.165, 1.54) is 17.7 Å². The third-order valence-electron chi connectivity index (χ3n) is 4.07. The van der Waals surface area contributed by atoms with Gasteiger partial charge in [-0.15, -0.1) is 0 Å². The predicted molar refractivity (Wildman–Crippen MR) is 95.5 cm³/mol. The maximum absolute atomic E-state index is 11.7. The van der Waals surface area contributed by atoms with Crippen LogP contribution >= 0.6 is 0 Å². The number of carbonyl (C=O) groups is 1. The fraction of sp³-hybridized carbons (Fsp3) is 0.938. The number of likely N-dealkylation sites (N-methyl/N-ethyl adjacent to an activating group) is 1. The van der Waals surface area contributed by atoms with Crippen LogP contribution in [0.15, 0.2) is 0 Å². The van der Waals surface area contributed by atoms with Crippen molar-refractivity contribution in [1.29, 1.82) is 0 Å². The molecule has 7 nitrogen and oxygen atoms in total. The van der Waals surface area contributed by atoms with Crippen molar-refractivity contribution >= 4 is 16.1 Å². The van der Waals surface area contributed by atoms with E-state index in [1.807, 2.05) is 34.6 Å². The molecular formula is C16H34N2O5S. The molecule has 0 aliphatic rings. The smallest absolute Gasteiger partial charge is 0.407 e. The molecule has 0 rings (SSSR count). The number of sulfonamides is 1. The summed E-state index contributed by atoms with van der Waals surface area (Å²) in [6, 6.07) is -0.0748. The monoisotopic (exact) mass is 366 g/mol. The van der Waals surface area contributed by atoms with Crippen molar-refractivity contribution in [3.05, 3.63) is 0 Å². The SMILES string of the molecule is CCC(CC(C)(C)C(CN(C)S(C)(=O)=O)OC(C)C)NC(=O)OC. The Morgan fingerprint density at radius 1 is 1.29 bits per heavy atom. The highest BCUT2D eigenvalue weighted by Crippen LogP contribution is 2.31. The van der Waals surface area contributed by atoms with Gasteiger partial charge in [0.2, 0.25) is 10.0 Å². The maximum Gasteiger partial charge on any atom is 0.407 e. The lowest BCUT2D eigenvalue weighted by Crippen LogP contribution is -2.47. The first-order valence-corrected chi connectivity index (χ1v) is 10.1. The zero-order valence-corrected chi connectivity index (χ0v) is 17.1. The number of rotatable bonds is 10. The second-order valence-electron chi connectivity index (χ2n) is 7.15. The Morgan fingerprint density at radius 2 is 1.83 bits per heavy atom. The third-order valence-corrected chi connectivity index (χ3v) is 5.35. The zero-order chi connectivity index (χ0) is 19.1. The third kappa shape index (κ3) is 8.30. The number of nitrogens with one attached hydrogen (secondary N) is 1. The van der Waals surface area contributed by atoms with Gasteiger partial charge in [-0.05, 0) is 32.1 Å². The van der Waals surface area contributed by atoms with Crippen LogP contribution in [0.1, 0.15) is 47.5 Å². The summed E-state index contributed by atoms with van der Waals surface area (Å²) in [5, 5.41) is 2.82. The van der Waals surface area contributed by atoms with Crippen molar-refractivity contribution in [2.24, 2.45) is 5.41 Å². The van der Waals surface area contributed by atoms with Gasteiger partial charge < -0.3 is 14.8 Å². The van der Waals surface area contributed by atoms with Crippen LogP contribution in [0.25, 0.3) is 0 Å². The number of methoxy groups -OCH3 is 1. The van der Waals surface area contributed by atoms with Gasteiger partial charge in [0.05, 0.1) is 25.6 Å². The molecule has 1 amide bonds. The number of nitrogens with zero attached hydrogens (tertiary/aromatic N) is 1. The van der Waals surface area contributed by atoms with Gasteiger partial charge in [0.1, 0.15) is 0 Å². The first-order chi connectivity index (χ1) is 10.8. The van der Waals surface area contributed by atoms with E-state index in [0.717, 1.165) is 6.42 Å². The molecular weight excluding hydrogens is 332 g/mol. The summed E-state index contributed by atoms with van der Waals surface area (Å²) >= 11 is 0. The van der Waals surface area contributed by atoms with E-state index in [4.69, 9.17) is 4.74 Å². The lowest BCUT2D eigenvalue weighted by molar-refractivity contribution is -0.0691. The average molecular weight is 367 g/mol. The van der Waals surface area contributed by atoms with Gasteiger partial charge >= 0.3 is 6.09 Å². The van der Waals surface area contributed by atoms with Crippen molar-refractivity contribution in [2.45, 2.75) is 65.7 Å². The molecule has 0 radical (unpaired) electrons. The van der Waals surface area contributed by atoms with Crippen LogP contribution in [-0.2, 0) is 19.5 Å². The Hall–Kier alpha value is -0.860. The lowest BCUT2D eigenvalue weighted by atomic mass is 9.79. The lowest BCUT2D eigenvalue weighted by Gasteiger charge is -2.39. The van der Waals surface area contributed by atoms with Crippen LogP contribution in [0.5, 0.6) is 0 Å². The molecule has 0 aliphatic heterocycles. The highest BCUT2D eigenvalue weighted by atomic mass is 32.2. The van der Waals surface area contributed by atoms with E-state index in [-0.39, 0.29) is 30.2 Å². The molecule has 1 N–H and O–H groups in total. The number of amides is 1. The molecule has 0 aromatic rings. The van der Waals surface area contributed by atoms with E-state index in [1.54, 1.807) is 7.05 Å². The van der Waals surface area contributed by atoms with Crippen molar-refractivity contribution in [3.63, 3.8) is 0 Å². The fourth-order valence-electron chi connectivity index (χ4n) is 2.46. The summed E-state index contributed by atoms with van der Waals surface area (Å²) in [4.78, 5) is 11.5. The highest BCUT2D eigenvalue weighted by Gasteiger charge is 2.35. The van der Waals surface area contributed by atoms with Gasteiger partial charge in [-0.25, -0.2) is 17.5 Å². The average Bonchev–Trinajstić information content (AvgIpc) is 2.43.